The van der Waals surface area contributed by atoms with Crippen LogP contribution in [0, 0.1) is 5.41 Å². The van der Waals surface area contributed by atoms with Crippen molar-refractivity contribution in [1.82, 2.24) is 0 Å². The predicted octanol–water partition coefficient (Wildman–Crippen LogP) is 3.43. The van der Waals surface area contributed by atoms with E-state index in [1.54, 1.807) is 0 Å². The monoisotopic (exact) mass is 255 g/mol. The zero-order chi connectivity index (χ0) is 10.8. The second kappa shape index (κ2) is 4.13. The molecule has 0 heterocycles. The predicted molar refractivity (Wildman–Crippen MR) is 62.2 cm³/mol. The van der Waals surface area contributed by atoms with Crippen LogP contribution in [0.4, 0.5) is 5.69 Å². The van der Waals surface area contributed by atoms with Crippen molar-refractivity contribution in [3.63, 3.8) is 0 Å². The summed E-state index contributed by atoms with van der Waals surface area (Å²) in [6.07, 6.45) is 0. The molecule has 1 amide bonds. The van der Waals surface area contributed by atoms with Crippen LogP contribution in [0.25, 0.3) is 0 Å². The summed E-state index contributed by atoms with van der Waals surface area (Å²) in [6.45, 7) is 5.67. The molecule has 0 atom stereocenters. The minimum atomic E-state index is -0.359. The van der Waals surface area contributed by atoms with E-state index in [2.05, 4.69) is 21.2 Å². The quantitative estimate of drug-likeness (QED) is 0.819. The van der Waals surface area contributed by atoms with E-state index >= 15 is 0 Å². The average molecular weight is 256 g/mol. The highest BCUT2D eigenvalue weighted by atomic mass is 79.9. The highest BCUT2D eigenvalue weighted by Gasteiger charge is 2.20. The number of halogens is 1. The third kappa shape index (κ3) is 3.14. The van der Waals surface area contributed by atoms with E-state index in [9.17, 15) is 4.79 Å². The molecule has 76 valence electrons. The first kappa shape index (κ1) is 11.2. The lowest BCUT2D eigenvalue weighted by atomic mass is 9.95. The zero-order valence-electron chi connectivity index (χ0n) is 8.60. The smallest absolute Gasteiger partial charge is 0.229 e. The van der Waals surface area contributed by atoms with Gasteiger partial charge in [-0.2, -0.15) is 0 Å². The summed E-state index contributed by atoms with van der Waals surface area (Å²) >= 11 is 3.35. The minimum Gasteiger partial charge on any atom is -0.326 e. The Balaban J connectivity index is 2.75. The van der Waals surface area contributed by atoms with Crippen molar-refractivity contribution in [2.75, 3.05) is 5.32 Å². The fourth-order valence-electron chi connectivity index (χ4n) is 0.885. The number of nitrogens with one attached hydrogen (secondary N) is 1. The summed E-state index contributed by atoms with van der Waals surface area (Å²) in [4.78, 5) is 11.6. The molecular weight excluding hydrogens is 242 g/mol. The number of carbonyl (C=O) groups is 1. The molecular formula is C11H14BrNO. The molecule has 0 saturated carbocycles. The lowest BCUT2D eigenvalue weighted by molar-refractivity contribution is -0.123. The van der Waals surface area contributed by atoms with E-state index in [0.29, 0.717) is 0 Å². The van der Waals surface area contributed by atoms with Gasteiger partial charge in [-0.3, -0.25) is 4.79 Å². The van der Waals surface area contributed by atoms with Gasteiger partial charge in [-0.05, 0) is 18.2 Å². The van der Waals surface area contributed by atoms with Crippen molar-refractivity contribution in [1.29, 1.82) is 0 Å². The molecule has 0 fully saturated rings. The normalized spacial score (nSPS) is 11.1. The van der Waals surface area contributed by atoms with Gasteiger partial charge in [-0.1, -0.05) is 42.8 Å². The molecule has 0 aliphatic rings. The van der Waals surface area contributed by atoms with Crippen molar-refractivity contribution in [2.45, 2.75) is 20.8 Å². The molecule has 1 rings (SSSR count). The molecule has 0 unspecified atom stereocenters. The molecule has 1 aromatic carbocycles. The van der Waals surface area contributed by atoms with Gasteiger partial charge < -0.3 is 5.32 Å². The van der Waals surface area contributed by atoms with Gasteiger partial charge in [-0.25, -0.2) is 0 Å². The largest absolute Gasteiger partial charge is 0.326 e. The second-order valence-corrected chi connectivity index (χ2v) is 5.13. The number of carbonyl (C=O) groups excluding carboxylic acids is 1. The van der Waals surface area contributed by atoms with Gasteiger partial charge in [0.1, 0.15) is 0 Å². The molecule has 1 N–H and O–H groups in total. The number of rotatable bonds is 1. The van der Waals surface area contributed by atoms with Gasteiger partial charge >= 0.3 is 0 Å². The number of anilines is 1. The molecule has 2 nitrogen and oxygen atoms in total. The van der Waals surface area contributed by atoms with Crippen LogP contribution in [0.3, 0.4) is 0 Å². The Kier molecular flexibility index (Phi) is 3.32. The Hall–Kier alpha value is -0.830. The van der Waals surface area contributed by atoms with Crippen LogP contribution in [0.1, 0.15) is 20.8 Å². The Morgan fingerprint density at radius 2 is 2.00 bits per heavy atom. The number of amides is 1. The maximum atomic E-state index is 11.6. The molecule has 0 aromatic heterocycles. The van der Waals surface area contributed by atoms with Gasteiger partial charge in [0, 0.05) is 15.6 Å². The topological polar surface area (TPSA) is 29.1 Å². The molecule has 0 saturated heterocycles. The molecule has 14 heavy (non-hydrogen) atoms. The van der Waals surface area contributed by atoms with E-state index in [0.717, 1.165) is 10.2 Å². The highest BCUT2D eigenvalue weighted by molar-refractivity contribution is 9.10. The number of hydrogen-bond acceptors (Lipinski definition) is 1. The first-order valence-electron chi connectivity index (χ1n) is 4.46. The van der Waals surface area contributed by atoms with Crippen LogP contribution in [-0.4, -0.2) is 5.91 Å². The number of benzene rings is 1. The third-order valence-corrected chi connectivity index (χ3v) is 2.26. The summed E-state index contributed by atoms with van der Waals surface area (Å²) in [6, 6.07) is 7.56. The zero-order valence-corrected chi connectivity index (χ0v) is 10.2. The van der Waals surface area contributed by atoms with E-state index in [4.69, 9.17) is 0 Å². The lowest BCUT2D eigenvalue weighted by Gasteiger charge is -2.17. The first-order valence-corrected chi connectivity index (χ1v) is 5.26. The van der Waals surface area contributed by atoms with Crippen LogP contribution < -0.4 is 5.32 Å². The fraction of sp³-hybridized carbons (Fsp3) is 0.364. The average Bonchev–Trinajstić information content (AvgIpc) is 2.02. The Morgan fingerprint density at radius 3 is 2.50 bits per heavy atom. The van der Waals surface area contributed by atoms with E-state index in [-0.39, 0.29) is 11.3 Å². The Labute approximate surface area is 92.8 Å². The molecule has 0 aliphatic carbocycles. The minimum absolute atomic E-state index is 0.0237. The summed E-state index contributed by atoms with van der Waals surface area (Å²) in [5, 5.41) is 2.85. The van der Waals surface area contributed by atoms with Gasteiger partial charge in [0.25, 0.3) is 0 Å². The summed E-state index contributed by atoms with van der Waals surface area (Å²) in [5.74, 6) is 0.0237. The van der Waals surface area contributed by atoms with Crippen LogP contribution >= 0.6 is 15.9 Å². The van der Waals surface area contributed by atoms with Crippen LogP contribution in [0.2, 0.25) is 0 Å². The van der Waals surface area contributed by atoms with Crippen LogP contribution in [-0.2, 0) is 4.79 Å². The summed E-state index contributed by atoms with van der Waals surface area (Å²) < 4.78 is 0.962. The Morgan fingerprint density at radius 1 is 1.36 bits per heavy atom. The van der Waals surface area contributed by atoms with Gasteiger partial charge in [0.15, 0.2) is 0 Å². The van der Waals surface area contributed by atoms with Crippen molar-refractivity contribution >= 4 is 27.5 Å². The molecule has 3 heteroatoms. The highest BCUT2D eigenvalue weighted by Crippen LogP contribution is 2.19. The van der Waals surface area contributed by atoms with Crippen molar-refractivity contribution in [3.8, 4) is 0 Å². The van der Waals surface area contributed by atoms with Gasteiger partial charge in [0.05, 0.1) is 0 Å². The molecule has 1 aromatic rings. The molecule has 0 radical (unpaired) electrons. The maximum absolute atomic E-state index is 11.6. The van der Waals surface area contributed by atoms with E-state index in [1.807, 2.05) is 45.0 Å². The maximum Gasteiger partial charge on any atom is 0.229 e. The third-order valence-electron chi connectivity index (χ3n) is 1.76. The first-order chi connectivity index (χ1) is 6.39. The van der Waals surface area contributed by atoms with E-state index in [1.165, 1.54) is 0 Å². The van der Waals surface area contributed by atoms with Crippen LogP contribution in [0.5, 0.6) is 0 Å². The molecule has 0 aliphatic heterocycles. The van der Waals surface area contributed by atoms with Gasteiger partial charge in [0.2, 0.25) is 5.91 Å². The van der Waals surface area contributed by atoms with Crippen molar-refractivity contribution in [3.05, 3.63) is 28.7 Å². The van der Waals surface area contributed by atoms with Crippen LogP contribution in [0.15, 0.2) is 28.7 Å². The van der Waals surface area contributed by atoms with Crippen molar-refractivity contribution in [2.24, 2.45) is 5.41 Å². The van der Waals surface area contributed by atoms with Crippen molar-refractivity contribution < 1.29 is 4.79 Å². The SMILES string of the molecule is CC(C)(C)C(=O)Nc1cccc(Br)c1. The van der Waals surface area contributed by atoms with Gasteiger partial charge in [-0.15, -0.1) is 0 Å². The standard InChI is InChI=1S/C11H14BrNO/c1-11(2,3)10(14)13-9-6-4-5-8(12)7-9/h4-7H,1-3H3,(H,13,14). The Bertz CT molecular complexity index is 341. The van der Waals surface area contributed by atoms with E-state index < -0.39 is 0 Å². The summed E-state index contributed by atoms with van der Waals surface area (Å²) in [5.41, 5.74) is 0.460. The number of hydrogen-bond donors (Lipinski definition) is 1. The fourth-order valence-corrected chi connectivity index (χ4v) is 1.28. The molecule has 0 spiro atoms. The second-order valence-electron chi connectivity index (χ2n) is 4.21. The summed E-state index contributed by atoms with van der Waals surface area (Å²) in [7, 11) is 0. The lowest BCUT2D eigenvalue weighted by Crippen LogP contribution is -2.27. The molecule has 0 bridgehead atoms.